The van der Waals surface area contributed by atoms with Crippen LogP contribution < -0.4 is 10.1 Å². The number of para-hydroxylation sites is 1. The molecular weight excluding hydrogens is 264 g/mol. The predicted molar refractivity (Wildman–Crippen MR) is 81.2 cm³/mol. The Hall–Kier alpha value is -2.93. The van der Waals surface area contributed by atoms with Crippen LogP contribution in [0.1, 0.15) is 11.3 Å². The minimum absolute atomic E-state index is 0.548. The second-order valence-corrected chi connectivity index (χ2v) is 4.64. The highest BCUT2D eigenvalue weighted by Gasteiger charge is 2.08. The maximum Gasteiger partial charge on any atom is 0.176 e. The summed E-state index contributed by atoms with van der Waals surface area (Å²) in [6, 6.07) is 17.3. The second-order valence-electron chi connectivity index (χ2n) is 4.64. The highest BCUT2D eigenvalue weighted by molar-refractivity contribution is 5.83. The molecule has 4 heteroatoms. The lowest BCUT2D eigenvalue weighted by Gasteiger charge is -2.04. The van der Waals surface area contributed by atoms with E-state index in [0.29, 0.717) is 12.1 Å². The van der Waals surface area contributed by atoms with E-state index < -0.39 is 0 Å². The van der Waals surface area contributed by atoms with Gasteiger partial charge in [-0.25, -0.2) is 0 Å². The van der Waals surface area contributed by atoms with Crippen LogP contribution in [0.3, 0.4) is 0 Å². The van der Waals surface area contributed by atoms with Gasteiger partial charge >= 0.3 is 0 Å². The van der Waals surface area contributed by atoms with E-state index in [-0.39, 0.29) is 0 Å². The van der Waals surface area contributed by atoms with E-state index in [0.717, 1.165) is 28.2 Å². The molecule has 1 N–H and O–H groups in total. The van der Waals surface area contributed by atoms with Crippen molar-refractivity contribution in [1.82, 2.24) is 0 Å². The largest absolute Gasteiger partial charge is 0.493 e. The molecule has 0 saturated heterocycles. The number of nitriles is 1. The van der Waals surface area contributed by atoms with E-state index in [1.807, 2.05) is 42.5 Å². The van der Waals surface area contributed by atoms with Gasteiger partial charge in [-0.1, -0.05) is 18.2 Å². The number of methoxy groups -OCH3 is 1. The van der Waals surface area contributed by atoms with Crippen molar-refractivity contribution < 1.29 is 9.15 Å². The van der Waals surface area contributed by atoms with Crippen molar-refractivity contribution in [1.29, 1.82) is 5.26 Å². The zero-order chi connectivity index (χ0) is 14.7. The van der Waals surface area contributed by atoms with Crippen molar-refractivity contribution in [3.05, 3.63) is 59.9 Å². The van der Waals surface area contributed by atoms with E-state index >= 15 is 0 Å². The van der Waals surface area contributed by atoms with Gasteiger partial charge in [0, 0.05) is 11.1 Å². The monoisotopic (exact) mass is 278 g/mol. The van der Waals surface area contributed by atoms with Gasteiger partial charge in [0.15, 0.2) is 11.3 Å². The molecule has 0 fully saturated rings. The number of nitrogens with zero attached hydrogens (tertiary/aromatic N) is 1. The fourth-order valence-electron chi connectivity index (χ4n) is 2.23. The molecule has 2 aromatic carbocycles. The van der Waals surface area contributed by atoms with Gasteiger partial charge in [0.25, 0.3) is 0 Å². The maximum atomic E-state index is 8.89. The third-order valence-electron chi connectivity index (χ3n) is 3.24. The number of ether oxygens (including phenoxy) is 1. The molecule has 0 atom stereocenters. The molecule has 3 aromatic rings. The molecule has 0 unspecified atom stereocenters. The van der Waals surface area contributed by atoms with Crippen LogP contribution in [0, 0.1) is 11.3 Å². The van der Waals surface area contributed by atoms with Crippen LogP contribution in [-0.2, 0) is 6.54 Å². The molecular formula is C17H14N2O2. The van der Waals surface area contributed by atoms with E-state index in [9.17, 15) is 0 Å². The molecule has 1 aromatic heterocycles. The molecule has 1 heterocycles. The summed E-state index contributed by atoms with van der Waals surface area (Å²) < 4.78 is 11.1. The zero-order valence-electron chi connectivity index (χ0n) is 11.6. The van der Waals surface area contributed by atoms with Crippen LogP contribution in [0.5, 0.6) is 5.75 Å². The van der Waals surface area contributed by atoms with Crippen LogP contribution in [0.25, 0.3) is 11.0 Å². The second kappa shape index (κ2) is 5.59. The molecule has 0 radical (unpaired) electrons. The number of hydrogen-bond acceptors (Lipinski definition) is 4. The van der Waals surface area contributed by atoms with Crippen LogP contribution in [0.4, 0.5) is 5.69 Å². The van der Waals surface area contributed by atoms with Gasteiger partial charge in [0.05, 0.1) is 25.3 Å². The van der Waals surface area contributed by atoms with Gasteiger partial charge in [-0.15, -0.1) is 0 Å². The van der Waals surface area contributed by atoms with Crippen LogP contribution in [0.15, 0.2) is 52.9 Å². The number of benzene rings is 2. The number of rotatable bonds is 4. The first kappa shape index (κ1) is 13.1. The lowest BCUT2D eigenvalue weighted by atomic mass is 10.2. The quantitative estimate of drug-likeness (QED) is 0.785. The Morgan fingerprint density at radius 3 is 2.86 bits per heavy atom. The Labute approximate surface area is 122 Å². The van der Waals surface area contributed by atoms with E-state index in [4.69, 9.17) is 14.4 Å². The summed E-state index contributed by atoms with van der Waals surface area (Å²) in [5.41, 5.74) is 2.27. The van der Waals surface area contributed by atoms with Crippen molar-refractivity contribution >= 4 is 16.7 Å². The summed E-state index contributed by atoms with van der Waals surface area (Å²) in [6.07, 6.45) is 0. The number of hydrogen-bond donors (Lipinski definition) is 1. The molecule has 104 valence electrons. The molecule has 0 bridgehead atoms. The molecule has 0 aliphatic rings. The van der Waals surface area contributed by atoms with Crippen LogP contribution in [-0.4, -0.2) is 7.11 Å². The van der Waals surface area contributed by atoms with Crippen molar-refractivity contribution in [3.63, 3.8) is 0 Å². The number of fused-ring (bicyclic) bond motifs is 1. The Morgan fingerprint density at radius 2 is 2.05 bits per heavy atom. The SMILES string of the molecule is COc1cccc2cc(CNc3cccc(C#N)c3)oc12. The normalized spacial score (nSPS) is 10.3. The number of anilines is 1. The fourth-order valence-corrected chi connectivity index (χ4v) is 2.23. The average Bonchev–Trinajstić information content (AvgIpc) is 2.96. The smallest absolute Gasteiger partial charge is 0.176 e. The van der Waals surface area contributed by atoms with E-state index in [1.54, 1.807) is 13.2 Å². The minimum Gasteiger partial charge on any atom is -0.493 e. The lowest BCUT2D eigenvalue weighted by Crippen LogP contribution is -1.97. The Bertz CT molecular complexity index is 815. The molecule has 21 heavy (non-hydrogen) atoms. The van der Waals surface area contributed by atoms with Crippen LogP contribution >= 0.6 is 0 Å². The Kier molecular flexibility index (Phi) is 3.48. The minimum atomic E-state index is 0.548. The number of furan rings is 1. The third kappa shape index (κ3) is 2.67. The summed E-state index contributed by atoms with van der Waals surface area (Å²) in [4.78, 5) is 0. The fraction of sp³-hybridized carbons (Fsp3) is 0.118. The maximum absolute atomic E-state index is 8.89. The molecule has 0 aliphatic heterocycles. The van der Waals surface area contributed by atoms with Gasteiger partial charge in [-0.05, 0) is 30.3 Å². The van der Waals surface area contributed by atoms with Crippen molar-refractivity contribution in [2.75, 3.05) is 12.4 Å². The summed E-state index contributed by atoms with van der Waals surface area (Å²) in [6.45, 7) is 0.548. The zero-order valence-corrected chi connectivity index (χ0v) is 11.6. The average molecular weight is 278 g/mol. The van der Waals surface area contributed by atoms with Crippen LogP contribution in [0.2, 0.25) is 0 Å². The summed E-state index contributed by atoms with van der Waals surface area (Å²) in [7, 11) is 1.63. The van der Waals surface area contributed by atoms with Gasteiger partial charge in [-0.2, -0.15) is 5.26 Å². The topological polar surface area (TPSA) is 58.2 Å². The van der Waals surface area contributed by atoms with E-state index in [2.05, 4.69) is 11.4 Å². The molecule has 0 aliphatic carbocycles. The predicted octanol–water partition coefficient (Wildman–Crippen LogP) is 3.93. The van der Waals surface area contributed by atoms with Gasteiger partial charge in [-0.3, -0.25) is 0 Å². The van der Waals surface area contributed by atoms with Crippen molar-refractivity contribution in [3.8, 4) is 11.8 Å². The Morgan fingerprint density at radius 1 is 1.19 bits per heavy atom. The van der Waals surface area contributed by atoms with Gasteiger partial charge < -0.3 is 14.5 Å². The molecule has 4 nitrogen and oxygen atoms in total. The molecule has 0 amide bonds. The first-order chi connectivity index (χ1) is 10.3. The first-order valence-corrected chi connectivity index (χ1v) is 6.59. The highest BCUT2D eigenvalue weighted by Crippen LogP contribution is 2.28. The standard InChI is InChI=1S/C17H14N2O2/c1-20-16-7-3-5-13-9-15(21-17(13)16)11-19-14-6-2-4-12(8-14)10-18/h2-9,19H,11H2,1H3. The Balaban J connectivity index is 1.80. The van der Waals surface area contributed by atoms with Crippen molar-refractivity contribution in [2.24, 2.45) is 0 Å². The summed E-state index contributed by atoms with van der Waals surface area (Å²) >= 11 is 0. The molecule has 0 spiro atoms. The first-order valence-electron chi connectivity index (χ1n) is 6.59. The number of nitrogens with one attached hydrogen (secondary N) is 1. The van der Waals surface area contributed by atoms with Gasteiger partial charge in [0.2, 0.25) is 0 Å². The summed E-state index contributed by atoms with van der Waals surface area (Å²) in [5, 5.41) is 13.1. The molecule has 0 saturated carbocycles. The third-order valence-corrected chi connectivity index (χ3v) is 3.24. The summed E-state index contributed by atoms with van der Waals surface area (Å²) in [5.74, 6) is 1.54. The lowest BCUT2D eigenvalue weighted by molar-refractivity contribution is 0.408. The van der Waals surface area contributed by atoms with Crippen molar-refractivity contribution in [2.45, 2.75) is 6.54 Å². The van der Waals surface area contributed by atoms with E-state index in [1.165, 1.54) is 0 Å². The highest BCUT2D eigenvalue weighted by atomic mass is 16.5. The molecule has 3 rings (SSSR count). The van der Waals surface area contributed by atoms with Gasteiger partial charge in [0.1, 0.15) is 5.76 Å².